The first-order valence-corrected chi connectivity index (χ1v) is 12.5. The lowest BCUT2D eigenvalue weighted by Gasteiger charge is -2.36. The van der Waals surface area contributed by atoms with E-state index in [2.05, 4.69) is 28.0 Å². The highest BCUT2D eigenvalue weighted by Gasteiger charge is 2.32. The van der Waals surface area contributed by atoms with Crippen LogP contribution in [-0.2, 0) is 4.74 Å². The van der Waals surface area contributed by atoms with Crippen LogP contribution < -0.4 is 21.5 Å². The Labute approximate surface area is 209 Å². The van der Waals surface area contributed by atoms with E-state index in [9.17, 15) is 14.7 Å². The fourth-order valence-electron chi connectivity index (χ4n) is 5.15. The summed E-state index contributed by atoms with van der Waals surface area (Å²) < 4.78 is 9.12. The normalized spacial score (nSPS) is 25.8. The van der Waals surface area contributed by atoms with Crippen molar-refractivity contribution in [2.45, 2.75) is 69.2 Å². The molecule has 0 radical (unpaired) electrons. The summed E-state index contributed by atoms with van der Waals surface area (Å²) in [6.07, 6.45) is 7.90. The van der Waals surface area contributed by atoms with Crippen molar-refractivity contribution >= 4 is 28.6 Å². The lowest BCUT2D eigenvalue weighted by Crippen LogP contribution is -2.50. The van der Waals surface area contributed by atoms with Gasteiger partial charge in [0.2, 0.25) is 0 Å². The Morgan fingerprint density at radius 2 is 2.00 bits per heavy atom. The number of hydrogen-bond donors (Lipinski definition) is 4. The van der Waals surface area contributed by atoms with E-state index >= 15 is 0 Å². The van der Waals surface area contributed by atoms with Crippen LogP contribution in [0.5, 0.6) is 0 Å². The smallest absolute Gasteiger partial charge is 0.274 e. The molecule has 10 heteroatoms. The van der Waals surface area contributed by atoms with Gasteiger partial charge in [-0.05, 0) is 63.6 Å². The molecule has 5 rings (SSSR count). The second-order valence-electron chi connectivity index (χ2n) is 10.1. The summed E-state index contributed by atoms with van der Waals surface area (Å²) in [5.74, 6) is 0.385. The SMILES string of the molecule is CNc1cc(Nc2cccn(C3CCC(C)(OC)CC3)c2=O)cc2c(C(=O)NC3CCC3O)cnn12. The second kappa shape index (κ2) is 9.59. The van der Waals surface area contributed by atoms with Gasteiger partial charge in [-0.3, -0.25) is 9.59 Å². The number of aliphatic hydroxyl groups excluding tert-OH is 1. The van der Waals surface area contributed by atoms with Crippen molar-refractivity contribution < 1.29 is 14.6 Å². The van der Waals surface area contributed by atoms with E-state index in [-0.39, 0.29) is 29.2 Å². The molecule has 3 aromatic rings. The Morgan fingerprint density at radius 3 is 2.64 bits per heavy atom. The predicted molar refractivity (Wildman–Crippen MR) is 138 cm³/mol. The highest BCUT2D eigenvalue weighted by Crippen LogP contribution is 2.36. The van der Waals surface area contributed by atoms with Gasteiger partial charge >= 0.3 is 0 Å². The van der Waals surface area contributed by atoms with Crippen LogP contribution in [0, 0.1) is 0 Å². The van der Waals surface area contributed by atoms with Gasteiger partial charge in [0, 0.05) is 38.1 Å². The fourth-order valence-corrected chi connectivity index (χ4v) is 5.15. The van der Waals surface area contributed by atoms with Gasteiger partial charge in [-0.2, -0.15) is 5.10 Å². The first-order valence-electron chi connectivity index (χ1n) is 12.5. The number of nitrogens with zero attached hydrogens (tertiary/aromatic N) is 3. The molecule has 2 aliphatic rings. The number of aliphatic hydroxyl groups is 1. The average molecular weight is 495 g/mol. The zero-order valence-electron chi connectivity index (χ0n) is 21.0. The van der Waals surface area contributed by atoms with Gasteiger partial charge in [0.1, 0.15) is 11.5 Å². The minimum absolute atomic E-state index is 0.0835. The lowest BCUT2D eigenvalue weighted by atomic mass is 9.83. The molecule has 2 fully saturated rings. The van der Waals surface area contributed by atoms with Gasteiger partial charge in [0.25, 0.3) is 11.5 Å². The third kappa shape index (κ3) is 4.46. The van der Waals surface area contributed by atoms with Gasteiger partial charge in [0.05, 0.1) is 35.0 Å². The maximum atomic E-state index is 13.4. The third-order valence-corrected chi connectivity index (χ3v) is 7.83. The van der Waals surface area contributed by atoms with E-state index in [4.69, 9.17) is 4.74 Å². The summed E-state index contributed by atoms with van der Waals surface area (Å²) in [5, 5.41) is 23.5. The van der Waals surface area contributed by atoms with E-state index in [0.717, 1.165) is 32.1 Å². The van der Waals surface area contributed by atoms with Crippen molar-refractivity contribution in [1.82, 2.24) is 19.5 Å². The average Bonchev–Trinajstić information content (AvgIpc) is 3.32. The highest BCUT2D eigenvalue weighted by atomic mass is 16.5. The van der Waals surface area contributed by atoms with Crippen LogP contribution in [0.15, 0.2) is 41.5 Å². The van der Waals surface area contributed by atoms with E-state index < -0.39 is 6.10 Å². The molecule has 3 aromatic heterocycles. The molecule has 0 saturated heterocycles. The number of fused-ring (bicyclic) bond motifs is 1. The molecule has 2 atom stereocenters. The molecular weight excluding hydrogens is 460 g/mol. The summed E-state index contributed by atoms with van der Waals surface area (Å²) in [6, 6.07) is 7.20. The minimum Gasteiger partial charge on any atom is -0.391 e. The summed E-state index contributed by atoms with van der Waals surface area (Å²) in [5.41, 5.74) is 1.92. The van der Waals surface area contributed by atoms with Gasteiger partial charge in [-0.15, -0.1) is 0 Å². The number of pyridine rings is 2. The quantitative estimate of drug-likeness (QED) is 0.398. The van der Waals surface area contributed by atoms with Crippen molar-refractivity contribution in [3.8, 4) is 0 Å². The Bertz CT molecular complexity index is 1320. The zero-order chi connectivity index (χ0) is 25.4. The van der Waals surface area contributed by atoms with Crippen LogP contribution in [0.2, 0.25) is 0 Å². The molecule has 0 spiro atoms. The van der Waals surface area contributed by atoms with Crippen LogP contribution in [0.3, 0.4) is 0 Å². The molecule has 0 aliphatic heterocycles. The molecule has 2 aliphatic carbocycles. The minimum atomic E-state index is -0.506. The summed E-state index contributed by atoms with van der Waals surface area (Å²) in [4.78, 5) is 26.3. The molecule has 36 heavy (non-hydrogen) atoms. The van der Waals surface area contributed by atoms with Gasteiger partial charge in [0.15, 0.2) is 0 Å². The Morgan fingerprint density at radius 1 is 1.22 bits per heavy atom. The summed E-state index contributed by atoms with van der Waals surface area (Å²) >= 11 is 0. The number of ether oxygens (including phenoxy) is 1. The van der Waals surface area contributed by atoms with Gasteiger partial charge in [-0.25, -0.2) is 4.52 Å². The Hall–Kier alpha value is -3.37. The van der Waals surface area contributed by atoms with Crippen molar-refractivity contribution in [3.05, 3.63) is 52.6 Å². The molecule has 1 amide bonds. The molecule has 192 valence electrons. The number of nitrogens with one attached hydrogen (secondary N) is 3. The highest BCUT2D eigenvalue weighted by molar-refractivity contribution is 6.01. The molecule has 3 heterocycles. The Kier molecular flexibility index (Phi) is 6.48. The van der Waals surface area contributed by atoms with Crippen molar-refractivity contribution in [2.75, 3.05) is 24.8 Å². The number of carbonyl (C=O) groups excluding carboxylic acids is 1. The monoisotopic (exact) mass is 494 g/mol. The van der Waals surface area contributed by atoms with E-state index in [1.165, 1.54) is 6.20 Å². The number of methoxy groups -OCH3 is 1. The van der Waals surface area contributed by atoms with E-state index in [0.29, 0.717) is 34.7 Å². The number of aromatic nitrogens is 3. The molecule has 4 N–H and O–H groups in total. The van der Waals surface area contributed by atoms with E-state index in [1.54, 1.807) is 30.8 Å². The molecule has 2 unspecified atom stereocenters. The lowest BCUT2D eigenvalue weighted by molar-refractivity contribution is -0.0324. The predicted octanol–water partition coefficient (Wildman–Crippen LogP) is 3.05. The van der Waals surface area contributed by atoms with Crippen LogP contribution in [0.4, 0.5) is 17.2 Å². The van der Waals surface area contributed by atoms with Crippen LogP contribution in [0.25, 0.3) is 5.52 Å². The maximum absolute atomic E-state index is 13.4. The number of amides is 1. The fraction of sp³-hybridized carbons (Fsp3) is 0.500. The largest absolute Gasteiger partial charge is 0.391 e. The number of hydrogen-bond acceptors (Lipinski definition) is 7. The van der Waals surface area contributed by atoms with Crippen LogP contribution >= 0.6 is 0 Å². The maximum Gasteiger partial charge on any atom is 0.274 e. The summed E-state index contributed by atoms with van der Waals surface area (Å²) in [7, 11) is 3.52. The van der Waals surface area contributed by atoms with Crippen molar-refractivity contribution in [1.29, 1.82) is 0 Å². The first-order chi connectivity index (χ1) is 17.3. The topological polar surface area (TPSA) is 122 Å². The second-order valence-corrected chi connectivity index (χ2v) is 10.1. The molecular formula is C26H34N6O4. The molecule has 0 aromatic carbocycles. The summed E-state index contributed by atoms with van der Waals surface area (Å²) in [6.45, 7) is 2.12. The zero-order valence-corrected chi connectivity index (χ0v) is 21.0. The number of rotatable bonds is 7. The third-order valence-electron chi connectivity index (χ3n) is 7.83. The van der Waals surface area contributed by atoms with Crippen molar-refractivity contribution in [2.24, 2.45) is 0 Å². The molecule has 2 saturated carbocycles. The van der Waals surface area contributed by atoms with Gasteiger partial charge in [-0.1, -0.05) is 0 Å². The number of carbonyl (C=O) groups is 1. The standard InChI is InChI=1S/C26H34N6O4/c1-26(36-3)10-8-17(9-11-26)31-12-4-5-20(25(31)35)29-16-13-21-18(15-28-32(21)23(14-16)27-2)24(34)30-19-6-7-22(19)33/h4-5,12-15,17,19,22,27,29,33H,6-11H2,1-3H3,(H,30,34). The van der Waals surface area contributed by atoms with Crippen LogP contribution in [-0.4, -0.2) is 57.1 Å². The van der Waals surface area contributed by atoms with Crippen molar-refractivity contribution in [3.63, 3.8) is 0 Å². The molecule has 10 nitrogen and oxygen atoms in total. The van der Waals surface area contributed by atoms with E-state index in [1.807, 2.05) is 22.9 Å². The molecule has 0 bridgehead atoms. The van der Waals surface area contributed by atoms with Crippen LogP contribution in [0.1, 0.15) is 61.8 Å². The Balaban J connectivity index is 1.42. The first kappa shape index (κ1) is 24.3. The number of anilines is 3. The van der Waals surface area contributed by atoms with Gasteiger partial charge < -0.3 is 30.4 Å².